The topological polar surface area (TPSA) is 61.9 Å². The Bertz CT molecular complexity index is 625. The molecule has 6 nitrogen and oxygen atoms in total. The summed E-state index contributed by atoms with van der Waals surface area (Å²) < 4.78 is 37.9. The molecule has 8 heteroatoms. The Balaban J connectivity index is 2.52. The fourth-order valence-electron chi connectivity index (χ4n) is 1.19. The lowest BCUT2D eigenvalue weighted by molar-refractivity contribution is -0.0498. The van der Waals surface area contributed by atoms with Gasteiger partial charge < -0.3 is 4.74 Å². The first-order valence-electron chi connectivity index (χ1n) is 5.04. The van der Waals surface area contributed by atoms with Gasteiger partial charge in [0.05, 0.1) is 7.06 Å². The van der Waals surface area contributed by atoms with Gasteiger partial charge in [-0.2, -0.15) is 18.1 Å². The van der Waals surface area contributed by atoms with Crippen LogP contribution in [0, 0.1) is 0 Å². The second kappa shape index (κ2) is 4.32. The van der Waals surface area contributed by atoms with E-state index in [2.05, 4.69) is 15.2 Å². The van der Waals surface area contributed by atoms with Gasteiger partial charge in [0.25, 0.3) is 0 Å². The molecule has 0 spiro atoms. The van der Waals surface area contributed by atoms with E-state index in [1.165, 1.54) is 25.2 Å². The van der Waals surface area contributed by atoms with Gasteiger partial charge in [0.15, 0.2) is 0 Å². The summed E-state index contributed by atoms with van der Waals surface area (Å²) in [6.45, 7) is -3.04. The maximum atomic E-state index is 12.1. The Morgan fingerprint density at radius 3 is 2.82 bits per heavy atom. The highest BCUT2D eigenvalue weighted by Crippen LogP contribution is 2.17. The van der Waals surface area contributed by atoms with Crippen LogP contribution in [0.3, 0.4) is 0 Å². The second-order valence-corrected chi connectivity index (χ2v) is 3.08. The van der Waals surface area contributed by atoms with E-state index in [0.717, 1.165) is 9.36 Å². The van der Waals surface area contributed by atoms with Crippen molar-refractivity contribution in [2.75, 3.05) is 0 Å². The molecule has 1 aromatic heterocycles. The van der Waals surface area contributed by atoms with E-state index in [1.807, 2.05) is 0 Å². The largest absolute Gasteiger partial charge is 0.435 e. The lowest BCUT2D eigenvalue weighted by Gasteiger charge is -2.05. The fourth-order valence-corrected chi connectivity index (χ4v) is 1.19. The summed E-state index contributed by atoms with van der Waals surface area (Å²) in [5, 5.41) is 6.99. The number of ether oxygens (including phenoxy) is 1. The van der Waals surface area contributed by atoms with Crippen molar-refractivity contribution in [3.05, 3.63) is 34.7 Å². The van der Waals surface area contributed by atoms with Crippen LogP contribution in [0.4, 0.5) is 8.78 Å². The average Bonchev–Trinajstić information content (AvgIpc) is 2.63. The number of benzene rings is 1. The predicted molar refractivity (Wildman–Crippen MR) is 53.2 cm³/mol. The summed E-state index contributed by atoms with van der Waals surface area (Å²) in [5.41, 5.74) is -0.566. The number of nitrogens with zero attached hydrogens (tertiary/aromatic N) is 4. The first kappa shape index (κ1) is 9.94. The van der Waals surface area contributed by atoms with Crippen molar-refractivity contribution < 1.29 is 14.9 Å². The molecule has 1 aromatic carbocycles. The number of halogens is 2. The molecular weight excluding hydrogens is 234 g/mol. The Morgan fingerprint density at radius 2 is 2.24 bits per heavy atom. The van der Waals surface area contributed by atoms with Gasteiger partial charge in [-0.3, -0.25) is 0 Å². The summed E-state index contributed by atoms with van der Waals surface area (Å²) in [4.78, 5) is 11.6. The van der Waals surface area contributed by atoms with Gasteiger partial charge in [-0.1, -0.05) is 6.07 Å². The third-order valence-electron chi connectivity index (χ3n) is 1.92. The van der Waals surface area contributed by atoms with Crippen molar-refractivity contribution in [2.24, 2.45) is 7.05 Å². The first-order valence-corrected chi connectivity index (χ1v) is 4.54. The van der Waals surface area contributed by atoms with E-state index in [-0.39, 0.29) is 17.5 Å². The second-order valence-electron chi connectivity index (χ2n) is 3.08. The smallest absolute Gasteiger partial charge is 0.387 e. The number of aromatic nitrogens is 4. The third kappa shape index (κ3) is 2.30. The highest BCUT2D eigenvalue weighted by molar-refractivity contribution is 5.37. The van der Waals surface area contributed by atoms with E-state index in [0.29, 0.717) is 0 Å². The minimum Gasteiger partial charge on any atom is -0.435 e. The zero-order valence-corrected chi connectivity index (χ0v) is 8.67. The van der Waals surface area contributed by atoms with Crippen LogP contribution >= 0.6 is 0 Å². The average molecular weight is 244 g/mol. The van der Waals surface area contributed by atoms with Crippen LogP contribution in [0.1, 0.15) is 1.37 Å². The highest BCUT2D eigenvalue weighted by Gasteiger charge is 2.09. The van der Waals surface area contributed by atoms with Crippen LogP contribution in [-0.4, -0.2) is 26.4 Å². The van der Waals surface area contributed by atoms with Crippen LogP contribution in [0.25, 0.3) is 5.69 Å². The van der Waals surface area contributed by atoms with E-state index >= 15 is 0 Å². The minimum absolute atomic E-state index is 0.0197. The van der Waals surface area contributed by atoms with Gasteiger partial charge in [0, 0.05) is 13.1 Å². The van der Waals surface area contributed by atoms with Gasteiger partial charge in [0.1, 0.15) is 5.75 Å². The molecule has 1 heterocycles. The molecule has 0 saturated carbocycles. The molecular formula is C9H8F2N4O2. The Hall–Kier alpha value is -2.25. The standard InChI is InChI=1S/C9H8F2N4O2/c1-14-9(16)15(13-12-14)6-3-2-4-7(5-6)17-8(10)11/h2-5,8H,1H3/i5T. The van der Waals surface area contributed by atoms with Crippen molar-refractivity contribution in [3.63, 3.8) is 0 Å². The van der Waals surface area contributed by atoms with Gasteiger partial charge in [-0.15, -0.1) is 0 Å². The van der Waals surface area contributed by atoms with Crippen molar-refractivity contribution in [2.45, 2.75) is 6.61 Å². The highest BCUT2D eigenvalue weighted by atomic mass is 19.3. The third-order valence-corrected chi connectivity index (χ3v) is 1.92. The zero-order valence-electron chi connectivity index (χ0n) is 9.67. The number of aryl methyl sites for hydroxylation is 1. The number of rotatable bonds is 3. The maximum Gasteiger partial charge on any atom is 0.387 e. The normalized spacial score (nSPS) is 11.6. The van der Waals surface area contributed by atoms with Crippen LogP contribution in [-0.2, 0) is 7.05 Å². The molecule has 0 N–H and O–H groups in total. The molecule has 2 rings (SSSR count). The summed E-state index contributed by atoms with van der Waals surface area (Å²) >= 11 is 0. The fraction of sp³-hybridized carbons (Fsp3) is 0.222. The molecule has 0 fully saturated rings. The molecule has 0 aliphatic carbocycles. The number of tetrazole rings is 1. The molecule has 17 heavy (non-hydrogen) atoms. The Labute approximate surface area is 95.4 Å². The maximum absolute atomic E-state index is 12.1. The monoisotopic (exact) mass is 244 g/mol. The Morgan fingerprint density at radius 1 is 1.47 bits per heavy atom. The molecule has 0 saturated heterocycles. The molecule has 0 bridgehead atoms. The molecule has 2 aromatic rings. The number of hydrogen-bond donors (Lipinski definition) is 0. The zero-order chi connectivity index (χ0) is 13.3. The van der Waals surface area contributed by atoms with Crippen LogP contribution in [0.5, 0.6) is 5.75 Å². The van der Waals surface area contributed by atoms with Crippen LogP contribution in [0.2, 0.25) is 0 Å². The summed E-state index contributed by atoms with van der Waals surface area (Å²) in [5.74, 6) is -0.333. The summed E-state index contributed by atoms with van der Waals surface area (Å²) in [6, 6.07) is 3.61. The predicted octanol–water partition coefficient (Wildman–Crippen LogP) is 0.567. The van der Waals surface area contributed by atoms with Crippen molar-refractivity contribution in [1.82, 2.24) is 19.8 Å². The van der Waals surface area contributed by atoms with Gasteiger partial charge >= 0.3 is 12.3 Å². The van der Waals surface area contributed by atoms with Crippen molar-refractivity contribution in [3.8, 4) is 11.4 Å². The van der Waals surface area contributed by atoms with Gasteiger partial charge in [0.2, 0.25) is 0 Å². The van der Waals surface area contributed by atoms with E-state index < -0.39 is 12.3 Å². The lowest BCUT2D eigenvalue weighted by Crippen LogP contribution is -2.21. The molecule has 0 aliphatic rings. The summed E-state index contributed by atoms with van der Waals surface area (Å²) in [7, 11) is 1.38. The molecule has 0 unspecified atom stereocenters. The van der Waals surface area contributed by atoms with E-state index in [1.54, 1.807) is 0 Å². The molecule has 0 radical (unpaired) electrons. The number of alkyl halides is 2. The molecule has 90 valence electrons. The molecule has 0 atom stereocenters. The number of hydrogen-bond acceptors (Lipinski definition) is 4. The SMILES string of the molecule is [3H]c1c(OC(F)F)cccc1-n1nnn(C)c1=O. The lowest BCUT2D eigenvalue weighted by atomic mass is 10.3. The van der Waals surface area contributed by atoms with Crippen LogP contribution < -0.4 is 10.4 Å². The van der Waals surface area contributed by atoms with Crippen molar-refractivity contribution >= 4 is 0 Å². The molecule has 0 aliphatic heterocycles. The van der Waals surface area contributed by atoms with E-state index in [4.69, 9.17) is 1.37 Å². The van der Waals surface area contributed by atoms with Crippen molar-refractivity contribution in [1.29, 1.82) is 0 Å². The van der Waals surface area contributed by atoms with E-state index in [9.17, 15) is 13.6 Å². The Kier molecular flexibility index (Phi) is 2.53. The van der Waals surface area contributed by atoms with Crippen LogP contribution in [0.15, 0.2) is 29.0 Å². The van der Waals surface area contributed by atoms with Gasteiger partial charge in [-0.25, -0.2) is 4.79 Å². The quantitative estimate of drug-likeness (QED) is 0.791. The molecule has 0 amide bonds. The first-order chi connectivity index (χ1) is 8.50. The minimum atomic E-state index is -3.04. The summed E-state index contributed by atoms with van der Waals surface area (Å²) in [6.07, 6.45) is 0. The van der Waals surface area contributed by atoms with Gasteiger partial charge in [-0.05, 0) is 22.6 Å².